The minimum atomic E-state index is -0.689. The van der Waals surface area contributed by atoms with Crippen LogP contribution in [0.25, 0.3) is 0 Å². The van der Waals surface area contributed by atoms with E-state index in [1.54, 1.807) is 4.90 Å². The molecule has 0 bridgehead atoms. The normalized spacial score (nSPS) is 16.9. The molecular weight excluding hydrogens is 254 g/mol. The summed E-state index contributed by atoms with van der Waals surface area (Å²) in [4.78, 5) is 13.6. The quantitative estimate of drug-likeness (QED) is 0.897. The van der Waals surface area contributed by atoms with Crippen molar-refractivity contribution in [1.82, 2.24) is 4.90 Å². The predicted molar refractivity (Wildman–Crippen MR) is 77.8 cm³/mol. The number of benzene rings is 1. The third-order valence-corrected chi connectivity index (χ3v) is 3.87. The number of nitrogens with zero attached hydrogens (tertiary/aromatic N) is 1. The monoisotopic (exact) mass is 277 g/mol. The molecule has 2 rings (SSSR count). The Morgan fingerprint density at radius 2 is 2.05 bits per heavy atom. The van der Waals surface area contributed by atoms with Crippen LogP contribution in [0.2, 0.25) is 0 Å². The summed E-state index contributed by atoms with van der Waals surface area (Å²) in [5.41, 5.74) is 0.417. The van der Waals surface area contributed by atoms with Gasteiger partial charge in [0.2, 0.25) is 0 Å². The molecule has 4 heteroatoms. The molecule has 1 aromatic rings. The number of ether oxygens (including phenoxy) is 1. The third-order valence-electron chi connectivity index (χ3n) is 3.87. The molecule has 0 spiro atoms. The van der Waals surface area contributed by atoms with Crippen LogP contribution in [-0.4, -0.2) is 41.2 Å². The van der Waals surface area contributed by atoms with Crippen LogP contribution in [0.15, 0.2) is 24.3 Å². The molecule has 0 saturated carbocycles. The SMILES string of the molecule is CCC1(O)CN(C(=O)COc2ccccc2C(C)C)C1. The Morgan fingerprint density at radius 1 is 1.40 bits per heavy atom. The summed E-state index contributed by atoms with van der Waals surface area (Å²) in [6.07, 6.45) is 0.674. The summed E-state index contributed by atoms with van der Waals surface area (Å²) in [6.45, 7) is 6.98. The zero-order chi connectivity index (χ0) is 14.8. The zero-order valence-corrected chi connectivity index (χ0v) is 12.4. The smallest absolute Gasteiger partial charge is 0.260 e. The van der Waals surface area contributed by atoms with Gasteiger partial charge in [0.15, 0.2) is 6.61 Å². The Bertz CT molecular complexity index is 478. The highest BCUT2D eigenvalue weighted by atomic mass is 16.5. The van der Waals surface area contributed by atoms with Crippen molar-refractivity contribution in [2.24, 2.45) is 0 Å². The molecule has 1 aliphatic rings. The minimum Gasteiger partial charge on any atom is -0.483 e. The van der Waals surface area contributed by atoms with E-state index in [1.165, 1.54) is 0 Å². The summed E-state index contributed by atoms with van der Waals surface area (Å²) in [6, 6.07) is 7.79. The van der Waals surface area contributed by atoms with Gasteiger partial charge in [0.05, 0.1) is 18.7 Å². The van der Waals surface area contributed by atoms with Gasteiger partial charge in [-0.3, -0.25) is 4.79 Å². The molecule has 1 aliphatic heterocycles. The van der Waals surface area contributed by atoms with Gasteiger partial charge in [-0.15, -0.1) is 0 Å². The summed E-state index contributed by atoms with van der Waals surface area (Å²) < 4.78 is 5.65. The molecule has 0 aliphatic carbocycles. The first-order valence-corrected chi connectivity index (χ1v) is 7.17. The first-order valence-electron chi connectivity index (χ1n) is 7.17. The van der Waals surface area contributed by atoms with Crippen LogP contribution in [0.1, 0.15) is 38.7 Å². The highest BCUT2D eigenvalue weighted by molar-refractivity contribution is 5.79. The Hall–Kier alpha value is -1.55. The van der Waals surface area contributed by atoms with Crippen LogP contribution in [0, 0.1) is 0 Å². The molecule has 1 amide bonds. The number of hydrogen-bond acceptors (Lipinski definition) is 3. The maximum atomic E-state index is 12.0. The lowest BCUT2D eigenvalue weighted by molar-refractivity contribution is -0.157. The second kappa shape index (κ2) is 5.83. The third kappa shape index (κ3) is 3.12. The van der Waals surface area contributed by atoms with Crippen molar-refractivity contribution >= 4 is 5.91 Å². The number of aliphatic hydroxyl groups is 1. The van der Waals surface area contributed by atoms with Gasteiger partial charge in [-0.25, -0.2) is 0 Å². The number of β-amino-alcohol motifs (C(OH)–C–C–N with tert-alkyl or cyclic N) is 1. The minimum absolute atomic E-state index is 0.0313. The second-order valence-corrected chi connectivity index (χ2v) is 5.81. The molecular formula is C16H23NO3. The van der Waals surface area contributed by atoms with E-state index in [9.17, 15) is 9.90 Å². The molecule has 1 saturated heterocycles. The number of para-hydroxylation sites is 1. The molecule has 20 heavy (non-hydrogen) atoms. The summed E-state index contributed by atoms with van der Waals surface area (Å²) in [5, 5.41) is 9.91. The standard InChI is InChI=1S/C16H23NO3/c1-4-16(19)10-17(11-16)15(18)9-20-14-8-6-5-7-13(14)12(2)3/h5-8,12,19H,4,9-11H2,1-3H3. The van der Waals surface area contributed by atoms with E-state index in [2.05, 4.69) is 13.8 Å². The molecule has 4 nitrogen and oxygen atoms in total. The van der Waals surface area contributed by atoms with Gasteiger partial charge in [0.1, 0.15) is 5.75 Å². The number of rotatable bonds is 5. The number of likely N-dealkylation sites (tertiary alicyclic amines) is 1. The van der Waals surface area contributed by atoms with Gasteiger partial charge in [0.25, 0.3) is 5.91 Å². The van der Waals surface area contributed by atoms with Crippen LogP contribution in [0.3, 0.4) is 0 Å². The van der Waals surface area contributed by atoms with Gasteiger partial charge in [0, 0.05) is 0 Å². The number of carbonyl (C=O) groups is 1. The van der Waals surface area contributed by atoms with Crippen molar-refractivity contribution in [1.29, 1.82) is 0 Å². The molecule has 0 atom stereocenters. The van der Waals surface area contributed by atoms with Crippen molar-refractivity contribution in [3.8, 4) is 5.75 Å². The average Bonchev–Trinajstić information content (AvgIpc) is 2.41. The molecule has 0 unspecified atom stereocenters. The van der Waals surface area contributed by atoms with Crippen molar-refractivity contribution in [3.05, 3.63) is 29.8 Å². The molecule has 1 heterocycles. The van der Waals surface area contributed by atoms with E-state index in [1.807, 2.05) is 31.2 Å². The Kier molecular flexibility index (Phi) is 4.33. The Morgan fingerprint density at radius 3 is 2.65 bits per heavy atom. The van der Waals surface area contributed by atoms with Gasteiger partial charge in [-0.05, 0) is 24.0 Å². The second-order valence-electron chi connectivity index (χ2n) is 5.81. The summed E-state index contributed by atoms with van der Waals surface area (Å²) in [5.74, 6) is 1.05. The highest BCUT2D eigenvalue weighted by Crippen LogP contribution is 2.27. The first-order chi connectivity index (χ1) is 9.45. The van der Waals surface area contributed by atoms with Gasteiger partial charge in [-0.2, -0.15) is 0 Å². The molecule has 0 aromatic heterocycles. The number of hydrogen-bond donors (Lipinski definition) is 1. The largest absolute Gasteiger partial charge is 0.483 e. The van der Waals surface area contributed by atoms with E-state index >= 15 is 0 Å². The topological polar surface area (TPSA) is 49.8 Å². The maximum absolute atomic E-state index is 12.0. The van der Waals surface area contributed by atoms with Crippen LogP contribution in [-0.2, 0) is 4.79 Å². The van der Waals surface area contributed by atoms with E-state index in [0.29, 0.717) is 25.4 Å². The van der Waals surface area contributed by atoms with Crippen LogP contribution >= 0.6 is 0 Å². The molecule has 1 aromatic carbocycles. The van der Waals surface area contributed by atoms with Gasteiger partial charge in [-0.1, -0.05) is 39.0 Å². The lowest BCUT2D eigenvalue weighted by Crippen LogP contribution is -2.63. The average molecular weight is 277 g/mol. The Labute approximate surface area is 120 Å². The van der Waals surface area contributed by atoms with Crippen molar-refractivity contribution < 1.29 is 14.6 Å². The fraction of sp³-hybridized carbons (Fsp3) is 0.562. The van der Waals surface area contributed by atoms with E-state index < -0.39 is 5.60 Å². The van der Waals surface area contributed by atoms with Crippen LogP contribution < -0.4 is 4.74 Å². The lowest BCUT2D eigenvalue weighted by Gasteiger charge is -2.45. The van der Waals surface area contributed by atoms with Crippen molar-refractivity contribution in [2.75, 3.05) is 19.7 Å². The number of carbonyl (C=O) groups excluding carboxylic acids is 1. The first kappa shape index (κ1) is 14.9. The lowest BCUT2D eigenvalue weighted by atomic mass is 9.91. The number of amides is 1. The maximum Gasteiger partial charge on any atom is 0.260 e. The van der Waals surface area contributed by atoms with Gasteiger partial charge >= 0.3 is 0 Å². The van der Waals surface area contributed by atoms with Crippen LogP contribution in [0.4, 0.5) is 0 Å². The summed E-state index contributed by atoms with van der Waals surface area (Å²) >= 11 is 0. The molecule has 110 valence electrons. The zero-order valence-electron chi connectivity index (χ0n) is 12.4. The summed E-state index contributed by atoms with van der Waals surface area (Å²) in [7, 11) is 0. The molecule has 0 radical (unpaired) electrons. The highest BCUT2D eigenvalue weighted by Gasteiger charge is 2.41. The Balaban J connectivity index is 1.89. The molecule has 1 fully saturated rings. The van der Waals surface area contributed by atoms with E-state index in [0.717, 1.165) is 11.3 Å². The fourth-order valence-electron chi connectivity index (χ4n) is 2.38. The predicted octanol–water partition coefficient (Wildman–Crippen LogP) is 2.17. The van der Waals surface area contributed by atoms with Crippen LogP contribution in [0.5, 0.6) is 5.75 Å². The molecule has 1 N–H and O–H groups in total. The van der Waals surface area contributed by atoms with Crippen molar-refractivity contribution in [2.45, 2.75) is 38.7 Å². The van der Waals surface area contributed by atoms with E-state index in [-0.39, 0.29) is 12.5 Å². The van der Waals surface area contributed by atoms with E-state index in [4.69, 9.17) is 4.74 Å². The fourth-order valence-corrected chi connectivity index (χ4v) is 2.38. The van der Waals surface area contributed by atoms with Gasteiger partial charge < -0.3 is 14.7 Å². The van der Waals surface area contributed by atoms with Crippen molar-refractivity contribution in [3.63, 3.8) is 0 Å².